The van der Waals surface area contributed by atoms with Crippen LogP contribution in [0.5, 0.6) is 0 Å². The molecule has 0 aliphatic carbocycles. The molecule has 2 rings (SSSR count). The van der Waals surface area contributed by atoms with Gasteiger partial charge in [-0.3, -0.25) is 9.59 Å². The predicted octanol–water partition coefficient (Wildman–Crippen LogP) is 1.59. The number of benzene rings is 1. The zero-order valence-corrected chi connectivity index (χ0v) is 13.3. The van der Waals surface area contributed by atoms with Gasteiger partial charge < -0.3 is 4.74 Å². The normalized spacial score (nSPS) is 11.2. The summed E-state index contributed by atoms with van der Waals surface area (Å²) in [5, 5.41) is 1.71. The second-order valence-corrected chi connectivity index (χ2v) is 7.05. The van der Waals surface area contributed by atoms with Gasteiger partial charge in [0.25, 0.3) is 0 Å². The number of ether oxygens (including phenoxy) is 1. The average molecular weight is 357 g/mol. The minimum absolute atomic E-state index is 0.179. The first-order chi connectivity index (χ1) is 10.9. The van der Waals surface area contributed by atoms with Crippen LogP contribution in [0.3, 0.4) is 0 Å². The lowest BCUT2D eigenvalue weighted by atomic mass is 10.3. The van der Waals surface area contributed by atoms with Crippen LogP contribution in [0, 0.1) is 5.82 Å². The Kier molecular flexibility index (Phi) is 5.59. The number of thiophene rings is 1. The molecule has 0 saturated carbocycles. The number of halogens is 1. The van der Waals surface area contributed by atoms with Gasteiger partial charge >= 0.3 is 5.97 Å². The SMILES string of the molecule is O=C(CNS(=O)(=O)c1ccc(F)cc1)OCC(=O)c1cccs1. The van der Waals surface area contributed by atoms with Crippen LogP contribution in [0.2, 0.25) is 0 Å². The van der Waals surface area contributed by atoms with Gasteiger partial charge in [0.1, 0.15) is 12.4 Å². The Balaban J connectivity index is 1.84. The molecule has 23 heavy (non-hydrogen) atoms. The maximum atomic E-state index is 12.8. The molecule has 0 spiro atoms. The summed E-state index contributed by atoms with van der Waals surface area (Å²) in [5.41, 5.74) is 0. The first kappa shape index (κ1) is 17.3. The summed E-state index contributed by atoms with van der Waals surface area (Å²) in [4.78, 5) is 23.4. The highest BCUT2D eigenvalue weighted by Gasteiger charge is 2.17. The Morgan fingerprint density at radius 3 is 2.48 bits per heavy atom. The number of esters is 1. The zero-order valence-electron chi connectivity index (χ0n) is 11.7. The lowest BCUT2D eigenvalue weighted by Gasteiger charge is -2.07. The molecular formula is C14H12FNO5S2. The third-order valence-corrected chi connectivity index (χ3v) is 5.02. The largest absolute Gasteiger partial charge is 0.456 e. The van der Waals surface area contributed by atoms with Crippen molar-refractivity contribution in [3.8, 4) is 0 Å². The minimum Gasteiger partial charge on any atom is -0.456 e. The number of rotatable bonds is 7. The molecule has 0 aliphatic rings. The van der Waals surface area contributed by atoms with Crippen molar-refractivity contribution in [2.24, 2.45) is 0 Å². The molecule has 0 fully saturated rings. The van der Waals surface area contributed by atoms with E-state index in [1.165, 1.54) is 11.3 Å². The van der Waals surface area contributed by atoms with Crippen molar-refractivity contribution in [2.75, 3.05) is 13.2 Å². The second kappa shape index (κ2) is 7.44. The molecule has 0 saturated heterocycles. The van der Waals surface area contributed by atoms with Crippen LogP contribution >= 0.6 is 11.3 Å². The van der Waals surface area contributed by atoms with Crippen molar-refractivity contribution < 1.29 is 27.1 Å². The molecule has 0 radical (unpaired) electrons. The van der Waals surface area contributed by atoms with Gasteiger partial charge in [0.15, 0.2) is 6.61 Å². The van der Waals surface area contributed by atoms with Gasteiger partial charge in [0.05, 0.1) is 9.77 Å². The topological polar surface area (TPSA) is 89.5 Å². The Morgan fingerprint density at radius 1 is 1.17 bits per heavy atom. The van der Waals surface area contributed by atoms with Crippen LogP contribution in [0.15, 0.2) is 46.7 Å². The van der Waals surface area contributed by atoms with Crippen molar-refractivity contribution in [3.05, 3.63) is 52.5 Å². The quantitative estimate of drug-likeness (QED) is 0.600. The van der Waals surface area contributed by atoms with Crippen molar-refractivity contribution in [1.29, 1.82) is 0 Å². The maximum Gasteiger partial charge on any atom is 0.321 e. The van der Waals surface area contributed by atoms with Crippen molar-refractivity contribution in [2.45, 2.75) is 4.90 Å². The Morgan fingerprint density at radius 2 is 1.87 bits per heavy atom. The van der Waals surface area contributed by atoms with E-state index in [4.69, 9.17) is 4.74 Å². The number of ketones is 1. The number of nitrogens with one attached hydrogen (secondary N) is 1. The molecule has 2 aromatic rings. The maximum absolute atomic E-state index is 12.8. The van der Waals surface area contributed by atoms with E-state index in [9.17, 15) is 22.4 Å². The smallest absolute Gasteiger partial charge is 0.321 e. The highest BCUT2D eigenvalue weighted by atomic mass is 32.2. The van der Waals surface area contributed by atoms with Gasteiger partial charge in [-0.2, -0.15) is 4.72 Å². The van der Waals surface area contributed by atoms with Crippen molar-refractivity contribution in [3.63, 3.8) is 0 Å². The Bertz CT molecular complexity index is 785. The summed E-state index contributed by atoms with van der Waals surface area (Å²) < 4.78 is 43.2. The summed E-state index contributed by atoms with van der Waals surface area (Å²) >= 11 is 1.22. The molecule has 122 valence electrons. The fraction of sp³-hybridized carbons (Fsp3) is 0.143. The lowest BCUT2D eigenvalue weighted by molar-refractivity contribution is -0.141. The number of hydrogen-bond donors (Lipinski definition) is 1. The molecule has 1 N–H and O–H groups in total. The van der Waals surface area contributed by atoms with Crippen LogP contribution in [0.1, 0.15) is 9.67 Å². The first-order valence-corrected chi connectivity index (χ1v) is 8.72. The van der Waals surface area contributed by atoms with E-state index in [-0.39, 0.29) is 10.7 Å². The fourth-order valence-corrected chi connectivity index (χ4v) is 3.18. The lowest BCUT2D eigenvalue weighted by Crippen LogP contribution is -2.31. The molecule has 0 bridgehead atoms. The van der Waals surface area contributed by atoms with Crippen LogP contribution in [0.25, 0.3) is 0 Å². The van der Waals surface area contributed by atoms with Crippen LogP contribution < -0.4 is 4.72 Å². The van der Waals surface area contributed by atoms with E-state index in [1.807, 2.05) is 4.72 Å². The predicted molar refractivity (Wildman–Crippen MR) is 81.2 cm³/mol. The average Bonchev–Trinajstić information content (AvgIpc) is 3.05. The van der Waals surface area contributed by atoms with Crippen LogP contribution in [-0.4, -0.2) is 33.3 Å². The van der Waals surface area contributed by atoms with Gasteiger partial charge in [-0.15, -0.1) is 11.3 Å². The molecule has 1 aromatic carbocycles. The van der Waals surface area contributed by atoms with E-state index in [2.05, 4.69) is 0 Å². The fourth-order valence-electron chi connectivity index (χ4n) is 1.56. The van der Waals surface area contributed by atoms with E-state index in [0.717, 1.165) is 24.3 Å². The van der Waals surface area contributed by atoms with Crippen LogP contribution in [0.4, 0.5) is 4.39 Å². The Labute approximate surface area is 136 Å². The zero-order chi connectivity index (χ0) is 16.9. The number of carbonyl (C=O) groups is 2. The third-order valence-electron chi connectivity index (χ3n) is 2.69. The third kappa shape index (κ3) is 4.95. The van der Waals surface area contributed by atoms with E-state index >= 15 is 0 Å². The number of sulfonamides is 1. The summed E-state index contributed by atoms with van der Waals surface area (Å²) in [6, 6.07) is 7.42. The monoisotopic (exact) mass is 357 g/mol. The molecule has 1 aromatic heterocycles. The summed E-state index contributed by atoms with van der Waals surface area (Å²) in [7, 11) is -3.95. The summed E-state index contributed by atoms with van der Waals surface area (Å²) in [6.07, 6.45) is 0. The minimum atomic E-state index is -3.95. The summed E-state index contributed by atoms with van der Waals surface area (Å²) in [6.45, 7) is -1.09. The number of Topliss-reactive ketones (excluding diaryl/α,β-unsaturated/α-hetero) is 1. The molecular weight excluding hydrogens is 345 g/mol. The van der Waals surface area contributed by atoms with Gasteiger partial charge in [-0.05, 0) is 35.7 Å². The van der Waals surface area contributed by atoms with E-state index in [1.54, 1.807) is 17.5 Å². The van der Waals surface area contributed by atoms with Crippen molar-refractivity contribution in [1.82, 2.24) is 4.72 Å². The highest BCUT2D eigenvalue weighted by molar-refractivity contribution is 7.89. The molecule has 0 amide bonds. The number of hydrogen-bond acceptors (Lipinski definition) is 6. The van der Waals surface area contributed by atoms with Gasteiger partial charge in [0.2, 0.25) is 15.8 Å². The number of carbonyl (C=O) groups excluding carboxylic acids is 2. The molecule has 9 heteroatoms. The molecule has 0 unspecified atom stereocenters. The van der Waals surface area contributed by atoms with Gasteiger partial charge in [-0.25, -0.2) is 12.8 Å². The molecule has 6 nitrogen and oxygen atoms in total. The van der Waals surface area contributed by atoms with Gasteiger partial charge in [-0.1, -0.05) is 6.07 Å². The van der Waals surface area contributed by atoms with E-state index < -0.39 is 35.0 Å². The molecule has 1 heterocycles. The van der Waals surface area contributed by atoms with Crippen LogP contribution in [-0.2, 0) is 19.6 Å². The Hall–Kier alpha value is -2.10. The van der Waals surface area contributed by atoms with E-state index in [0.29, 0.717) is 4.88 Å². The molecule has 0 aliphatic heterocycles. The highest BCUT2D eigenvalue weighted by Crippen LogP contribution is 2.10. The standard InChI is InChI=1S/C14H12FNO5S2/c15-10-3-5-11(6-4-10)23(19,20)16-8-14(18)21-9-12(17)13-2-1-7-22-13/h1-7,16H,8-9H2. The summed E-state index contributed by atoms with van der Waals surface area (Å²) in [5.74, 6) is -1.83. The van der Waals surface area contributed by atoms with Crippen molar-refractivity contribution >= 4 is 33.1 Å². The van der Waals surface area contributed by atoms with Gasteiger partial charge in [0, 0.05) is 0 Å². The molecule has 0 atom stereocenters. The first-order valence-electron chi connectivity index (χ1n) is 6.36. The second-order valence-electron chi connectivity index (χ2n) is 4.34.